The molecule has 0 bridgehead atoms. The van der Waals surface area contributed by atoms with Crippen LogP contribution in [0.1, 0.15) is 31.2 Å². The summed E-state index contributed by atoms with van der Waals surface area (Å²) in [6.07, 6.45) is 5.01. The van der Waals surface area contributed by atoms with Gasteiger partial charge in [-0.15, -0.1) is 0 Å². The molecule has 1 fully saturated rings. The minimum atomic E-state index is 0.431. The van der Waals surface area contributed by atoms with E-state index >= 15 is 0 Å². The number of rotatable bonds is 3. The Labute approximate surface area is 131 Å². The highest BCUT2D eigenvalue weighted by atomic mass is 15.6. The summed E-state index contributed by atoms with van der Waals surface area (Å²) < 4.78 is 0. The van der Waals surface area contributed by atoms with Gasteiger partial charge in [-0.2, -0.15) is 0 Å². The van der Waals surface area contributed by atoms with Crippen LogP contribution in [0, 0.1) is 0 Å². The van der Waals surface area contributed by atoms with E-state index in [9.17, 15) is 0 Å². The molecule has 3 heteroatoms. The van der Waals surface area contributed by atoms with E-state index in [1.807, 2.05) is 6.07 Å². The smallest absolute Gasteiger partial charge is 0.150 e. The van der Waals surface area contributed by atoms with Crippen molar-refractivity contribution >= 4 is 11.5 Å². The first-order chi connectivity index (χ1) is 10.9. The van der Waals surface area contributed by atoms with E-state index in [-0.39, 0.29) is 0 Å². The molecule has 0 amide bonds. The minimum Gasteiger partial charge on any atom is -0.297 e. The Morgan fingerprint density at radius 2 is 1.55 bits per heavy atom. The van der Waals surface area contributed by atoms with E-state index in [0.29, 0.717) is 12.1 Å². The second kappa shape index (κ2) is 5.84. The third-order valence-electron chi connectivity index (χ3n) is 4.60. The van der Waals surface area contributed by atoms with Crippen molar-refractivity contribution in [1.82, 2.24) is 5.01 Å². The van der Waals surface area contributed by atoms with Crippen molar-refractivity contribution in [2.45, 2.75) is 37.8 Å². The molecule has 2 aromatic carbocycles. The van der Waals surface area contributed by atoms with Gasteiger partial charge in [0.1, 0.15) is 5.84 Å². The molecule has 112 valence electrons. The second-order valence-electron chi connectivity index (χ2n) is 6.09. The lowest BCUT2D eigenvalue weighted by Crippen LogP contribution is -2.45. The maximum Gasteiger partial charge on any atom is 0.150 e. The molecule has 3 nitrogen and oxygen atoms in total. The number of anilines is 1. The van der Waals surface area contributed by atoms with E-state index in [2.05, 4.69) is 65.0 Å². The lowest BCUT2D eigenvalue weighted by molar-refractivity contribution is 0.274. The van der Waals surface area contributed by atoms with Gasteiger partial charge in [-0.05, 0) is 25.0 Å². The lowest BCUT2D eigenvalue weighted by Gasteiger charge is -2.33. The summed E-state index contributed by atoms with van der Waals surface area (Å²) in [5.41, 5.74) is 5.91. The van der Waals surface area contributed by atoms with E-state index in [0.717, 1.165) is 11.5 Å². The molecule has 0 spiro atoms. The molecule has 0 radical (unpaired) electrons. The molecular weight excluding hydrogens is 270 g/mol. The topological polar surface area (TPSA) is 27.6 Å². The van der Waals surface area contributed by atoms with Gasteiger partial charge in [0.25, 0.3) is 0 Å². The van der Waals surface area contributed by atoms with Crippen LogP contribution in [0.2, 0.25) is 0 Å². The van der Waals surface area contributed by atoms with Crippen molar-refractivity contribution in [3.05, 3.63) is 66.2 Å². The number of para-hydroxylation sites is 1. The predicted molar refractivity (Wildman–Crippen MR) is 90.9 cm³/mol. The fourth-order valence-corrected chi connectivity index (χ4v) is 3.51. The van der Waals surface area contributed by atoms with Crippen molar-refractivity contribution in [2.75, 3.05) is 5.43 Å². The third-order valence-corrected chi connectivity index (χ3v) is 4.60. The molecule has 1 saturated carbocycles. The van der Waals surface area contributed by atoms with Crippen LogP contribution < -0.4 is 5.43 Å². The summed E-state index contributed by atoms with van der Waals surface area (Å²) in [5, 5.41) is 2.30. The Hall–Kier alpha value is -2.29. The van der Waals surface area contributed by atoms with Crippen molar-refractivity contribution in [3.63, 3.8) is 0 Å². The summed E-state index contributed by atoms with van der Waals surface area (Å²) in [7, 11) is 0. The summed E-state index contributed by atoms with van der Waals surface area (Å²) >= 11 is 0. The van der Waals surface area contributed by atoms with Gasteiger partial charge in [-0.1, -0.05) is 61.4 Å². The van der Waals surface area contributed by atoms with Gasteiger partial charge < -0.3 is 0 Å². The Kier molecular flexibility index (Phi) is 3.55. The zero-order valence-corrected chi connectivity index (χ0v) is 12.7. The number of hydrogen-bond acceptors (Lipinski definition) is 3. The first-order valence-electron chi connectivity index (χ1n) is 8.16. The number of aliphatic imine (C=N–C) groups is 1. The molecular formula is C19H21N3. The van der Waals surface area contributed by atoms with Gasteiger partial charge in [-0.25, -0.2) is 0 Å². The Morgan fingerprint density at radius 1 is 0.864 bits per heavy atom. The summed E-state index contributed by atoms with van der Waals surface area (Å²) in [6.45, 7) is 0. The van der Waals surface area contributed by atoms with Gasteiger partial charge in [-0.3, -0.25) is 15.4 Å². The number of fused-ring (bicyclic) bond motifs is 1. The quantitative estimate of drug-likeness (QED) is 0.922. The van der Waals surface area contributed by atoms with Crippen LogP contribution in [0.5, 0.6) is 0 Å². The fourth-order valence-electron chi connectivity index (χ4n) is 3.51. The van der Waals surface area contributed by atoms with Crippen LogP contribution in [0.3, 0.4) is 0 Å². The largest absolute Gasteiger partial charge is 0.297 e. The predicted octanol–water partition coefficient (Wildman–Crippen LogP) is 4.09. The maximum absolute atomic E-state index is 5.04. The first-order valence-corrected chi connectivity index (χ1v) is 8.16. The van der Waals surface area contributed by atoms with E-state index in [4.69, 9.17) is 4.99 Å². The fraction of sp³-hybridized carbons (Fsp3) is 0.316. The Balaban J connectivity index is 1.67. The summed E-state index contributed by atoms with van der Waals surface area (Å²) in [5.74, 6) is 1.08. The monoisotopic (exact) mass is 291 g/mol. The average molecular weight is 291 g/mol. The van der Waals surface area contributed by atoms with Gasteiger partial charge in [0.15, 0.2) is 0 Å². The Bertz CT molecular complexity index is 651. The van der Waals surface area contributed by atoms with Gasteiger partial charge in [0.2, 0.25) is 0 Å². The average Bonchev–Trinajstić information content (AvgIpc) is 2.95. The van der Waals surface area contributed by atoms with E-state index in [1.54, 1.807) is 0 Å². The van der Waals surface area contributed by atoms with Gasteiger partial charge >= 0.3 is 0 Å². The highest BCUT2D eigenvalue weighted by molar-refractivity contribution is 6.01. The molecule has 1 aliphatic carbocycles. The zero-order valence-electron chi connectivity index (χ0n) is 12.7. The number of benzene rings is 2. The molecule has 2 aromatic rings. The molecule has 1 N–H and O–H groups in total. The summed E-state index contributed by atoms with van der Waals surface area (Å²) in [6, 6.07) is 21.8. The molecule has 22 heavy (non-hydrogen) atoms. The molecule has 0 saturated heterocycles. The molecule has 1 heterocycles. The maximum atomic E-state index is 5.04. The molecule has 2 atom stereocenters. The number of amidine groups is 1. The SMILES string of the molecule is c1ccc(NN2C(c3ccccc3)=N[C@@H]3CCCC[C@H]32)cc1. The normalized spacial score (nSPS) is 23.8. The molecule has 0 unspecified atom stereocenters. The van der Waals surface area contributed by atoms with Gasteiger partial charge in [0.05, 0.1) is 17.8 Å². The van der Waals surface area contributed by atoms with Gasteiger partial charge in [0, 0.05) is 5.56 Å². The van der Waals surface area contributed by atoms with Crippen LogP contribution in [0.4, 0.5) is 5.69 Å². The number of hydrazine groups is 1. The van der Waals surface area contributed by atoms with Crippen LogP contribution in [0.15, 0.2) is 65.7 Å². The van der Waals surface area contributed by atoms with Crippen molar-refractivity contribution in [1.29, 1.82) is 0 Å². The van der Waals surface area contributed by atoms with Crippen LogP contribution in [-0.4, -0.2) is 22.9 Å². The minimum absolute atomic E-state index is 0.431. The Morgan fingerprint density at radius 3 is 2.32 bits per heavy atom. The third kappa shape index (κ3) is 2.47. The highest BCUT2D eigenvalue weighted by Gasteiger charge is 2.38. The van der Waals surface area contributed by atoms with Crippen LogP contribution in [-0.2, 0) is 0 Å². The van der Waals surface area contributed by atoms with E-state index in [1.165, 1.54) is 31.2 Å². The highest BCUT2D eigenvalue weighted by Crippen LogP contribution is 2.32. The first kappa shape index (κ1) is 13.4. The summed E-state index contributed by atoms with van der Waals surface area (Å²) in [4.78, 5) is 5.04. The van der Waals surface area contributed by atoms with E-state index < -0.39 is 0 Å². The number of nitrogens with zero attached hydrogens (tertiary/aromatic N) is 2. The van der Waals surface area contributed by atoms with Crippen LogP contribution >= 0.6 is 0 Å². The number of nitrogens with one attached hydrogen (secondary N) is 1. The van der Waals surface area contributed by atoms with Crippen molar-refractivity contribution < 1.29 is 0 Å². The molecule has 0 aromatic heterocycles. The van der Waals surface area contributed by atoms with Crippen molar-refractivity contribution in [3.8, 4) is 0 Å². The molecule has 1 aliphatic heterocycles. The molecule has 4 rings (SSSR count). The lowest BCUT2D eigenvalue weighted by atomic mass is 9.91. The number of hydrogen-bond donors (Lipinski definition) is 1. The van der Waals surface area contributed by atoms with Crippen LogP contribution in [0.25, 0.3) is 0 Å². The van der Waals surface area contributed by atoms with Crippen molar-refractivity contribution in [2.24, 2.45) is 4.99 Å². The standard InChI is InChI=1S/C19H21N3/c1-3-9-15(10-4-1)19-20-17-13-7-8-14-18(17)22(19)21-16-11-5-2-6-12-16/h1-6,9-12,17-18,21H,7-8,13-14H2/t17-,18-/m1/s1. The second-order valence-corrected chi connectivity index (χ2v) is 6.09. The zero-order chi connectivity index (χ0) is 14.8. The molecule has 2 aliphatic rings.